The molecule has 0 spiro atoms. The lowest BCUT2D eigenvalue weighted by Crippen LogP contribution is -2.58. The molecule has 32 heavy (non-hydrogen) atoms. The second-order valence-electron chi connectivity index (χ2n) is 10.1. The van der Waals surface area contributed by atoms with E-state index >= 15 is 0 Å². The van der Waals surface area contributed by atoms with Gasteiger partial charge < -0.3 is 5.32 Å². The van der Waals surface area contributed by atoms with E-state index in [1.807, 2.05) is 18.2 Å². The van der Waals surface area contributed by atoms with Crippen molar-refractivity contribution in [1.29, 1.82) is 0 Å². The summed E-state index contributed by atoms with van der Waals surface area (Å²) in [5.41, 5.74) is 3.47. The third-order valence-corrected chi connectivity index (χ3v) is 8.16. The SMILES string of the molecule is Fc1cccc(Cl)c1Cn1nc(CNC23CC4CC(CC(C4)C2)C3)c(-c2ccccc2)n1. The number of aromatic nitrogens is 3. The van der Waals surface area contributed by atoms with Crippen molar-refractivity contribution in [1.82, 2.24) is 20.3 Å². The first-order chi connectivity index (χ1) is 15.6. The molecule has 1 heterocycles. The third kappa shape index (κ3) is 3.75. The number of nitrogens with zero attached hydrogens (tertiary/aromatic N) is 3. The normalized spacial score (nSPS) is 28.4. The molecule has 0 radical (unpaired) electrons. The molecule has 0 aliphatic heterocycles. The molecular formula is C26H28ClFN4. The van der Waals surface area contributed by atoms with Gasteiger partial charge in [-0.3, -0.25) is 0 Å². The lowest BCUT2D eigenvalue weighted by molar-refractivity contribution is -0.0207. The van der Waals surface area contributed by atoms with Crippen molar-refractivity contribution < 1.29 is 4.39 Å². The van der Waals surface area contributed by atoms with Gasteiger partial charge in [-0.15, -0.1) is 0 Å². The maximum Gasteiger partial charge on any atom is 0.129 e. The zero-order valence-electron chi connectivity index (χ0n) is 18.1. The lowest BCUT2D eigenvalue weighted by atomic mass is 9.53. The Morgan fingerprint density at radius 2 is 1.62 bits per heavy atom. The Morgan fingerprint density at radius 3 is 2.28 bits per heavy atom. The molecule has 1 aromatic heterocycles. The summed E-state index contributed by atoms with van der Waals surface area (Å²) in [6.07, 6.45) is 8.15. The quantitative estimate of drug-likeness (QED) is 0.512. The van der Waals surface area contributed by atoms with Crippen molar-refractivity contribution in [3.8, 4) is 11.3 Å². The minimum Gasteiger partial charge on any atom is -0.305 e. The molecular weight excluding hydrogens is 423 g/mol. The van der Waals surface area contributed by atoms with E-state index in [4.69, 9.17) is 21.8 Å². The van der Waals surface area contributed by atoms with Gasteiger partial charge in [0.05, 0.1) is 6.54 Å². The van der Waals surface area contributed by atoms with Crippen LogP contribution in [0.4, 0.5) is 4.39 Å². The molecule has 4 nitrogen and oxygen atoms in total. The van der Waals surface area contributed by atoms with Crippen LogP contribution in [0, 0.1) is 23.6 Å². The molecule has 0 saturated heterocycles. The lowest BCUT2D eigenvalue weighted by Gasteiger charge is -2.57. The Hall–Kier alpha value is -2.24. The Kier molecular flexibility index (Phi) is 5.07. The van der Waals surface area contributed by atoms with Gasteiger partial charge in [0, 0.05) is 28.2 Å². The van der Waals surface area contributed by atoms with Crippen molar-refractivity contribution in [2.24, 2.45) is 17.8 Å². The van der Waals surface area contributed by atoms with Crippen LogP contribution in [0.25, 0.3) is 11.3 Å². The van der Waals surface area contributed by atoms with Crippen molar-refractivity contribution in [3.05, 3.63) is 70.6 Å². The number of benzene rings is 2. The molecule has 4 aliphatic carbocycles. The number of halogens is 2. The van der Waals surface area contributed by atoms with Gasteiger partial charge in [-0.05, 0) is 68.4 Å². The molecule has 0 atom stereocenters. The molecule has 3 aromatic rings. The first kappa shape index (κ1) is 20.4. The fraction of sp³-hybridized carbons (Fsp3) is 0.462. The smallest absolute Gasteiger partial charge is 0.129 e. The minimum absolute atomic E-state index is 0.211. The summed E-state index contributed by atoms with van der Waals surface area (Å²) in [7, 11) is 0. The molecule has 4 saturated carbocycles. The highest BCUT2D eigenvalue weighted by atomic mass is 35.5. The molecule has 7 rings (SSSR count). The summed E-state index contributed by atoms with van der Waals surface area (Å²) in [6.45, 7) is 0.893. The summed E-state index contributed by atoms with van der Waals surface area (Å²) < 4.78 is 14.4. The number of hydrogen-bond acceptors (Lipinski definition) is 3. The van der Waals surface area contributed by atoms with Gasteiger partial charge in [-0.1, -0.05) is 48.0 Å². The zero-order valence-corrected chi connectivity index (χ0v) is 18.9. The molecule has 2 aromatic carbocycles. The topological polar surface area (TPSA) is 42.7 Å². The predicted molar refractivity (Wildman–Crippen MR) is 124 cm³/mol. The van der Waals surface area contributed by atoms with Crippen LogP contribution in [0.5, 0.6) is 0 Å². The van der Waals surface area contributed by atoms with Crippen molar-refractivity contribution in [2.45, 2.75) is 57.2 Å². The predicted octanol–water partition coefficient (Wildman–Crippen LogP) is 5.84. The largest absolute Gasteiger partial charge is 0.305 e. The van der Waals surface area contributed by atoms with Gasteiger partial charge in [-0.2, -0.15) is 15.0 Å². The number of rotatable bonds is 6. The summed E-state index contributed by atoms with van der Waals surface area (Å²) in [4.78, 5) is 1.59. The Balaban J connectivity index is 1.29. The first-order valence-corrected chi connectivity index (χ1v) is 12.1. The highest BCUT2D eigenvalue weighted by Crippen LogP contribution is 2.55. The summed E-state index contributed by atoms with van der Waals surface area (Å²) in [5.74, 6) is 2.34. The van der Waals surface area contributed by atoms with Crippen LogP contribution in [-0.2, 0) is 13.1 Å². The van der Waals surface area contributed by atoms with Crippen LogP contribution >= 0.6 is 11.6 Å². The van der Waals surface area contributed by atoms with E-state index in [1.54, 1.807) is 16.9 Å². The fourth-order valence-corrected chi connectivity index (χ4v) is 7.04. The molecule has 0 unspecified atom stereocenters. The van der Waals surface area contributed by atoms with Gasteiger partial charge in [0.25, 0.3) is 0 Å². The standard InChI is InChI=1S/C26H28ClFN4/c27-22-7-4-8-23(28)21(22)16-32-30-24(25(31-32)20-5-2-1-3-6-20)15-29-26-12-17-9-18(13-26)11-19(10-17)14-26/h1-8,17-19,29H,9-16H2. The van der Waals surface area contributed by atoms with Gasteiger partial charge >= 0.3 is 0 Å². The molecule has 4 bridgehead atoms. The molecule has 0 amide bonds. The maximum absolute atomic E-state index is 14.4. The van der Waals surface area contributed by atoms with Gasteiger partial charge in [0.1, 0.15) is 17.2 Å². The van der Waals surface area contributed by atoms with Crippen LogP contribution in [0.15, 0.2) is 48.5 Å². The first-order valence-electron chi connectivity index (χ1n) is 11.7. The second kappa shape index (κ2) is 7.96. The number of hydrogen-bond donors (Lipinski definition) is 1. The summed E-state index contributed by atoms with van der Waals surface area (Å²) in [5, 5.41) is 13.9. The number of nitrogens with one attached hydrogen (secondary N) is 1. The van der Waals surface area contributed by atoms with E-state index in [0.29, 0.717) is 17.1 Å². The van der Waals surface area contributed by atoms with Crippen LogP contribution in [-0.4, -0.2) is 20.5 Å². The van der Waals surface area contributed by atoms with E-state index in [0.717, 1.165) is 34.7 Å². The maximum atomic E-state index is 14.4. The Labute approximate surface area is 193 Å². The summed E-state index contributed by atoms with van der Waals surface area (Å²) >= 11 is 6.26. The van der Waals surface area contributed by atoms with E-state index in [1.165, 1.54) is 44.6 Å². The monoisotopic (exact) mass is 450 g/mol. The molecule has 6 heteroatoms. The average molecular weight is 451 g/mol. The highest BCUT2D eigenvalue weighted by Gasteiger charge is 2.50. The minimum atomic E-state index is -0.329. The second-order valence-corrected chi connectivity index (χ2v) is 10.6. The van der Waals surface area contributed by atoms with Crippen LogP contribution in [0.3, 0.4) is 0 Å². The third-order valence-electron chi connectivity index (χ3n) is 7.80. The van der Waals surface area contributed by atoms with E-state index in [9.17, 15) is 4.39 Å². The van der Waals surface area contributed by atoms with Gasteiger partial charge in [0.15, 0.2) is 0 Å². The van der Waals surface area contributed by atoms with Crippen LogP contribution in [0.1, 0.15) is 49.8 Å². The van der Waals surface area contributed by atoms with Gasteiger partial charge in [-0.25, -0.2) is 4.39 Å². The Morgan fingerprint density at radius 1 is 0.938 bits per heavy atom. The van der Waals surface area contributed by atoms with Crippen molar-refractivity contribution in [2.75, 3.05) is 0 Å². The van der Waals surface area contributed by atoms with Crippen LogP contribution in [0.2, 0.25) is 5.02 Å². The summed E-state index contributed by atoms with van der Waals surface area (Å²) in [6, 6.07) is 14.9. The van der Waals surface area contributed by atoms with Crippen LogP contribution < -0.4 is 5.32 Å². The average Bonchev–Trinajstić information content (AvgIpc) is 3.18. The fourth-order valence-electron chi connectivity index (χ4n) is 6.82. The van der Waals surface area contributed by atoms with E-state index in [2.05, 4.69) is 17.4 Å². The zero-order chi connectivity index (χ0) is 21.7. The molecule has 4 aliphatic rings. The Bertz CT molecular complexity index is 1070. The van der Waals surface area contributed by atoms with Crippen molar-refractivity contribution in [3.63, 3.8) is 0 Å². The van der Waals surface area contributed by atoms with E-state index < -0.39 is 0 Å². The highest BCUT2D eigenvalue weighted by molar-refractivity contribution is 6.31. The van der Waals surface area contributed by atoms with E-state index in [-0.39, 0.29) is 17.9 Å². The molecule has 1 N–H and O–H groups in total. The van der Waals surface area contributed by atoms with Crippen molar-refractivity contribution >= 4 is 11.6 Å². The molecule has 4 fully saturated rings. The van der Waals surface area contributed by atoms with Gasteiger partial charge in [0.2, 0.25) is 0 Å². The molecule has 166 valence electrons.